The molecule has 3 rings (SSSR count). The number of anilines is 2. The van der Waals surface area contributed by atoms with Gasteiger partial charge in [0.1, 0.15) is 0 Å². The molecule has 0 atom stereocenters. The van der Waals surface area contributed by atoms with Gasteiger partial charge in [-0.3, -0.25) is 4.79 Å². The molecule has 0 unspecified atom stereocenters. The summed E-state index contributed by atoms with van der Waals surface area (Å²) in [6.07, 6.45) is 0.907. The molecule has 0 N–H and O–H groups in total. The Hall–Kier alpha value is -2.04. The number of fused-ring (bicyclic) bond motifs is 1. The molecule has 0 aromatic heterocycles. The van der Waals surface area contributed by atoms with E-state index < -0.39 is 0 Å². The molecule has 4 nitrogen and oxygen atoms in total. The summed E-state index contributed by atoms with van der Waals surface area (Å²) in [7, 11) is 1.71. The first-order valence-corrected chi connectivity index (χ1v) is 8.49. The molecule has 5 heteroatoms. The Morgan fingerprint density at radius 2 is 1.92 bits per heavy atom. The second-order valence-electron chi connectivity index (χ2n) is 5.79. The van der Waals surface area contributed by atoms with E-state index in [0.717, 1.165) is 30.9 Å². The molecule has 126 valence electrons. The average molecular weight is 345 g/mol. The van der Waals surface area contributed by atoms with Gasteiger partial charge in [0.25, 0.3) is 5.91 Å². The van der Waals surface area contributed by atoms with Gasteiger partial charge in [0.2, 0.25) is 0 Å². The van der Waals surface area contributed by atoms with Crippen molar-refractivity contribution in [2.75, 3.05) is 43.2 Å². The van der Waals surface area contributed by atoms with Crippen LogP contribution in [0, 0.1) is 0 Å². The fourth-order valence-electron chi connectivity index (χ4n) is 3.04. The fourth-order valence-corrected chi connectivity index (χ4v) is 3.23. The van der Waals surface area contributed by atoms with E-state index in [1.54, 1.807) is 19.2 Å². The standard InChI is InChI=1S/C19H21ClN2O2/c1-24-13-12-21-10-5-11-22(18-9-3-2-8-17(18)21)19(23)15-6-4-7-16(20)14-15/h2-4,6-9,14H,5,10-13H2,1H3. The number of methoxy groups -OCH3 is 1. The highest BCUT2D eigenvalue weighted by molar-refractivity contribution is 6.31. The van der Waals surface area contributed by atoms with Gasteiger partial charge in [-0.05, 0) is 36.8 Å². The van der Waals surface area contributed by atoms with Crippen molar-refractivity contribution in [2.45, 2.75) is 6.42 Å². The van der Waals surface area contributed by atoms with Gasteiger partial charge < -0.3 is 14.5 Å². The van der Waals surface area contributed by atoms with Gasteiger partial charge in [-0.1, -0.05) is 29.8 Å². The summed E-state index contributed by atoms with van der Waals surface area (Å²) in [5.74, 6) is -0.0152. The van der Waals surface area contributed by atoms with Crippen LogP contribution in [0.1, 0.15) is 16.8 Å². The smallest absolute Gasteiger partial charge is 0.258 e. The van der Waals surface area contributed by atoms with Crippen LogP contribution in [0.5, 0.6) is 0 Å². The second-order valence-corrected chi connectivity index (χ2v) is 6.23. The number of benzene rings is 2. The zero-order valence-corrected chi connectivity index (χ0v) is 14.5. The molecule has 24 heavy (non-hydrogen) atoms. The predicted molar refractivity (Wildman–Crippen MR) is 98.3 cm³/mol. The Morgan fingerprint density at radius 3 is 2.67 bits per heavy atom. The van der Waals surface area contributed by atoms with Crippen molar-refractivity contribution >= 4 is 28.9 Å². The first-order valence-electron chi connectivity index (χ1n) is 8.11. The molecule has 0 aliphatic carbocycles. The van der Waals surface area contributed by atoms with Crippen molar-refractivity contribution in [2.24, 2.45) is 0 Å². The maximum atomic E-state index is 13.0. The van der Waals surface area contributed by atoms with E-state index in [-0.39, 0.29) is 5.91 Å². The fraction of sp³-hybridized carbons (Fsp3) is 0.316. The number of halogens is 1. The molecule has 0 saturated heterocycles. The van der Waals surface area contributed by atoms with Crippen LogP contribution < -0.4 is 9.80 Å². The SMILES string of the molecule is COCCN1CCCN(C(=O)c2cccc(Cl)c2)c2ccccc21. The molecule has 2 aromatic rings. The minimum atomic E-state index is -0.0152. The van der Waals surface area contributed by atoms with Crippen LogP contribution in [0.3, 0.4) is 0 Å². The quantitative estimate of drug-likeness (QED) is 0.844. The molecule has 0 radical (unpaired) electrons. The van der Waals surface area contributed by atoms with Gasteiger partial charge >= 0.3 is 0 Å². The van der Waals surface area contributed by atoms with Crippen LogP contribution in [0.2, 0.25) is 5.02 Å². The third-order valence-electron chi connectivity index (χ3n) is 4.21. The molecule has 1 heterocycles. The number of nitrogens with zero attached hydrogens (tertiary/aromatic N) is 2. The maximum Gasteiger partial charge on any atom is 0.258 e. The van der Waals surface area contributed by atoms with Crippen LogP contribution in [0.15, 0.2) is 48.5 Å². The number of carbonyl (C=O) groups is 1. The molecule has 1 aliphatic heterocycles. The van der Waals surface area contributed by atoms with E-state index in [9.17, 15) is 4.79 Å². The van der Waals surface area contributed by atoms with Gasteiger partial charge in [0, 0.05) is 37.3 Å². The molecule has 1 amide bonds. The molecule has 0 fully saturated rings. The Labute approximate surface area is 147 Å². The summed E-state index contributed by atoms with van der Waals surface area (Å²) in [6, 6.07) is 15.2. The molecule has 0 spiro atoms. The van der Waals surface area contributed by atoms with E-state index >= 15 is 0 Å². The Kier molecular flexibility index (Phi) is 5.38. The van der Waals surface area contributed by atoms with Crippen molar-refractivity contribution in [3.8, 4) is 0 Å². The van der Waals surface area contributed by atoms with Gasteiger partial charge in [-0.25, -0.2) is 0 Å². The van der Waals surface area contributed by atoms with Crippen LogP contribution in [0.25, 0.3) is 0 Å². The van der Waals surface area contributed by atoms with Crippen molar-refractivity contribution in [3.63, 3.8) is 0 Å². The lowest BCUT2D eigenvalue weighted by Gasteiger charge is -2.26. The van der Waals surface area contributed by atoms with Crippen LogP contribution in [-0.4, -0.2) is 39.3 Å². The average Bonchev–Trinajstić information content (AvgIpc) is 2.79. The van der Waals surface area contributed by atoms with Crippen LogP contribution in [-0.2, 0) is 4.74 Å². The predicted octanol–water partition coefficient (Wildman–Crippen LogP) is 3.84. The number of carbonyl (C=O) groups excluding carboxylic acids is 1. The van der Waals surface area contributed by atoms with E-state index in [2.05, 4.69) is 11.0 Å². The van der Waals surface area contributed by atoms with Crippen molar-refractivity contribution in [3.05, 3.63) is 59.1 Å². The zero-order chi connectivity index (χ0) is 16.9. The Morgan fingerprint density at radius 1 is 1.12 bits per heavy atom. The normalized spacial score (nSPS) is 14.2. The molecular weight excluding hydrogens is 324 g/mol. The first-order chi connectivity index (χ1) is 11.7. The monoisotopic (exact) mass is 344 g/mol. The highest BCUT2D eigenvalue weighted by Gasteiger charge is 2.25. The lowest BCUT2D eigenvalue weighted by Crippen LogP contribution is -2.31. The minimum Gasteiger partial charge on any atom is -0.383 e. The summed E-state index contributed by atoms with van der Waals surface area (Å²) in [5.41, 5.74) is 2.63. The van der Waals surface area contributed by atoms with E-state index in [1.165, 1.54) is 0 Å². The van der Waals surface area contributed by atoms with Gasteiger partial charge in [-0.15, -0.1) is 0 Å². The number of amides is 1. The molecule has 1 aliphatic rings. The number of rotatable bonds is 4. The highest BCUT2D eigenvalue weighted by atomic mass is 35.5. The largest absolute Gasteiger partial charge is 0.383 e. The number of ether oxygens (including phenoxy) is 1. The van der Waals surface area contributed by atoms with Crippen molar-refractivity contribution < 1.29 is 9.53 Å². The molecular formula is C19H21ClN2O2. The van der Waals surface area contributed by atoms with Crippen LogP contribution in [0.4, 0.5) is 11.4 Å². The van der Waals surface area contributed by atoms with E-state index in [4.69, 9.17) is 16.3 Å². The number of para-hydroxylation sites is 2. The summed E-state index contributed by atoms with van der Waals surface area (Å²) >= 11 is 6.05. The Balaban J connectivity index is 1.94. The first kappa shape index (κ1) is 16.8. The van der Waals surface area contributed by atoms with Crippen LogP contribution >= 0.6 is 11.6 Å². The number of hydrogen-bond acceptors (Lipinski definition) is 3. The van der Waals surface area contributed by atoms with Gasteiger partial charge in [-0.2, -0.15) is 0 Å². The molecule has 0 saturated carbocycles. The van der Waals surface area contributed by atoms with Gasteiger partial charge in [0.15, 0.2) is 0 Å². The second kappa shape index (κ2) is 7.69. The molecule has 2 aromatic carbocycles. The van der Waals surface area contributed by atoms with Crippen molar-refractivity contribution in [1.82, 2.24) is 0 Å². The lowest BCUT2D eigenvalue weighted by molar-refractivity contribution is 0.0987. The highest BCUT2D eigenvalue weighted by Crippen LogP contribution is 2.33. The number of hydrogen-bond donors (Lipinski definition) is 0. The molecule has 0 bridgehead atoms. The topological polar surface area (TPSA) is 32.8 Å². The maximum absolute atomic E-state index is 13.0. The summed E-state index contributed by atoms with van der Waals surface area (Å²) < 4.78 is 5.22. The third kappa shape index (κ3) is 3.55. The zero-order valence-electron chi connectivity index (χ0n) is 13.7. The summed E-state index contributed by atoms with van der Waals surface area (Å²) in [5, 5.41) is 0.575. The van der Waals surface area contributed by atoms with E-state index in [1.807, 2.05) is 35.2 Å². The summed E-state index contributed by atoms with van der Waals surface area (Å²) in [4.78, 5) is 17.1. The Bertz CT molecular complexity index is 720. The van der Waals surface area contributed by atoms with E-state index in [0.29, 0.717) is 23.7 Å². The third-order valence-corrected chi connectivity index (χ3v) is 4.44. The minimum absolute atomic E-state index is 0.0152. The van der Waals surface area contributed by atoms with Crippen molar-refractivity contribution in [1.29, 1.82) is 0 Å². The lowest BCUT2D eigenvalue weighted by atomic mass is 10.1. The summed E-state index contributed by atoms with van der Waals surface area (Å²) in [6.45, 7) is 3.06. The van der Waals surface area contributed by atoms with Gasteiger partial charge in [0.05, 0.1) is 18.0 Å².